The Balaban J connectivity index is 2.16. The zero-order chi connectivity index (χ0) is 16.8. The number of rotatable bonds is 6. The molecule has 0 saturated carbocycles. The number of aryl methyl sites for hydroxylation is 3. The predicted octanol–water partition coefficient (Wildman–Crippen LogP) is 4.28. The summed E-state index contributed by atoms with van der Waals surface area (Å²) in [6, 6.07) is 7.96. The van der Waals surface area contributed by atoms with Crippen LogP contribution in [-0.2, 0) is 0 Å². The summed E-state index contributed by atoms with van der Waals surface area (Å²) >= 11 is 0. The van der Waals surface area contributed by atoms with E-state index in [1.807, 2.05) is 6.07 Å². The second kappa shape index (κ2) is 7.77. The van der Waals surface area contributed by atoms with Gasteiger partial charge in [0.2, 0.25) is 0 Å². The van der Waals surface area contributed by atoms with Gasteiger partial charge < -0.3 is 10.6 Å². The Morgan fingerprint density at radius 3 is 2.48 bits per heavy atom. The van der Waals surface area contributed by atoms with Gasteiger partial charge in [0.1, 0.15) is 5.69 Å². The molecule has 1 heterocycles. The molecule has 0 aliphatic rings. The molecular formula is C19H25N3O. The van der Waals surface area contributed by atoms with E-state index in [0.717, 1.165) is 24.2 Å². The molecule has 0 radical (unpaired) electrons. The topological polar surface area (TPSA) is 54.0 Å². The number of benzene rings is 1. The van der Waals surface area contributed by atoms with E-state index >= 15 is 0 Å². The normalized spacial score (nSPS) is 10.4. The van der Waals surface area contributed by atoms with Crippen molar-refractivity contribution in [2.24, 2.45) is 0 Å². The molecule has 122 valence electrons. The number of hydrogen-bond acceptors (Lipinski definition) is 3. The molecule has 0 aliphatic heterocycles. The molecule has 4 nitrogen and oxygen atoms in total. The van der Waals surface area contributed by atoms with Crippen molar-refractivity contribution >= 4 is 17.3 Å². The molecule has 4 heteroatoms. The molecule has 1 aromatic heterocycles. The van der Waals surface area contributed by atoms with Crippen molar-refractivity contribution < 1.29 is 4.79 Å². The van der Waals surface area contributed by atoms with E-state index in [2.05, 4.69) is 55.4 Å². The largest absolute Gasteiger partial charge is 0.355 e. The quantitative estimate of drug-likeness (QED) is 0.783. The fraction of sp³-hybridized carbons (Fsp3) is 0.368. The zero-order valence-electron chi connectivity index (χ0n) is 14.4. The number of anilines is 2. The third kappa shape index (κ3) is 4.55. The fourth-order valence-electron chi connectivity index (χ4n) is 2.62. The molecule has 2 rings (SSSR count). The molecule has 2 aromatic rings. The van der Waals surface area contributed by atoms with Crippen molar-refractivity contribution in [3.63, 3.8) is 0 Å². The summed E-state index contributed by atoms with van der Waals surface area (Å²) < 4.78 is 0. The van der Waals surface area contributed by atoms with E-state index in [1.165, 1.54) is 16.7 Å². The minimum Gasteiger partial charge on any atom is -0.355 e. The Morgan fingerprint density at radius 2 is 1.83 bits per heavy atom. The number of nitrogens with zero attached hydrogens (tertiary/aromatic N) is 1. The van der Waals surface area contributed by atoms with Crippen molar-refractivity contribution in [3.8, 4) is 0 Å². The van der Waals surface area contributed by atoms with Gasteiger partial charge in [-0.1, -0.05) is 31.0 Å². The van der Waals surface area contributed by atoms with Gasteiger partial charge in [-0.15, -0.1) is 0 Å². The Labute approximate surface area is 138 Å². The summed E-state index contributed by atoms with van der Waals surface area (Å²) in [4.78, 5) is 16.3. The summed E-state index contributed by atoms with van der Waals surface area (Å²) in [5.41, 5.74) is 6.01. The first-order chi connectivity index (χ1) is 11.0. The van der Waals surface area contributed by atoms with Crippen molar-refractivity contribution in [1.82, 2.24) is 10.3 Å². The summed E-state index contributed by atoms with van der Waals surface area (Å²) in [6.45, 7) is 9.05. The third-order valence-corrected chi connectivity index (χ3v) is 3.75. The van der Waals surface area contributed by atoms with E-state index in [4.69, 9.17) is 0 Å². The zero-order valence-corrected chi connectivity index (χ0v) is 14.4. The number of unbranched alkanes of at least 4 members (excludes halogenated alkanes) is 1. The number of aromatic nitrogens is 1. The first kappa shape index (κ1) is 17.0. The first-order valence-corrected chi connectivity index (χ1v) is 8.10. The maximum absolute atomic E-state index is 12.1. The van der Waals surface area contributed by atoms with Crippen LogP contribution in [0.4, 0.5) is 11.4 Å². The van der Waals surface area contributed by atoms with Crippen molar-refractivity contribution in [1.29, 1.82) is 0 Å². The highest BCUT2D eigenvalue weighted by molar-refractivity contribution is 5.93. The lowest BCUT2D eigenvalue weighted by Gasteiger charge is -2.14. The number of pyridine rings is 1. The van der Waals surface area contributed by atoms with Gasteiger partial charge in [-0.2, -0.15) is 0 Å². The lowest BCUT2D eigenvalue weighted by atomic mass is 10.0. The second-order valence-electron chi connectivity index (χ2n) is 5.94. The van der Waals surface area contributed by atoms with E-state index < -0.39 is 0 Å². The molecule has 0 unspecified atom stereocenters. The first-order valence-electron chi connectivity index (χ1n) is 8.10. The van der Waals surface area contributed by atoms with Crippen LogP contribution in [0.2, 0.25) is 0 Å². The lowest BCUT2D eigenvalue weighted by molar-refractivity contribution is 0.0948. The summed E-state index contributed by atoms with van der Waals surface area (Å²) in [5, 5.41) is 6.30. The van der Waals surface area contributed by atoms with E-state index in [-0.39, 0.29) is 5.91 Å². The molecule has 0 fully saturated rings. The van der Waals surface area contributed by atoms with Gasteiger partial charge in [-0.25, -0.2) is 0 Å². The van der Waals surface area contributed by atoms with Gasteiger partial charge in [0.05, 0.1) is 0 Å². The molecule has 1 amide bonds. The maximum Gasteiger partial charge on any atom is 0.269 e. The van der Waals surface area contributed by atoms with Gasteiger partial charge in [-0.3, -0.25) is 9.78 Å². The van der Waals surface area contributed by atoms with Gasteiger partial charge in [0, 0.05) is 24.1 Å². The molecule has 23 heavy (non-hydrogen) atoms. The van der Waals surface area contributed by atoms with E-state index in [9.17, 15) is 4.79 Å². The Kier molecular flexibility index (Phi) is 5.74. The monoisotopic (exact) mass is 311 g/mol. The second-order valence-corrected chi connectivity index (χ2v) is 5.94. The highest BCUT2D eigenvalue weighted by Gasteiger charge is 2.09. The van der Waals surface area contributed by atoms with Gasteiger partial charge in [0.15, 0.2) is 0 Å². The number of carbonyl (C=O) groups excluding carboxylic acids is 1. The summed E-state index contributed by atoms with van der Waals surface area (Å²) in [6.07, 6.45) is 3.70. The summed E-state index contributed by atoms with van der Waals surface area (Å²) in [5.74, 6) is -0.126. The fourth-order valence-corrected chi connectivity index (χ4v) is 2.62. The van der Waals surface area contributed by atoms with Crippen LogP contribution in [0.1, 0.15) is 46.9 Å². The van der Waals surface area contributed by atoms with Crippen LogP contribution in [0.5, 0.6) is 0 Å². The Morgan fingerprint density at radius 1 is 1.13 bits per heavy atom. The van der Waals surface area contributed by atoms with Crippen LogP contribution in [-0.4, -0.2) is 17.4 Å². The van der Waals surface area contributed by atoms with Crippen LogP contribution >= 0.6 is 0 Å². The van der Waals surface area contributed by atoms with Gasteiger partial charge in [0.25, 0.3) is 5.91 Å². The van der Waals surface area contributed by atoms with Crippen LogP contribution < -0.4 is 10.6 Å². The standard InChI is InChI=1S/C19H25N3O/c1-5-6-8-21-19(23)17-12-16(7-9-20-17)22-18-14(3)10-13(2)11-15(18)4/h7,9-12H,5-6,8H2,1-4H3,(H,20,22)(H,21,23). The van der Waals surface area contributed by atoms with Crippen LogP contribution in [0, 0.1) is 20.8 Å². The number of hydrogen-bond donors (Lipinski definition) is 2. The minimum absolute atomic E-state index is 0.126. The molecular weight excluding hydrogens is 286 g/mol. The van der Waals surface area contributed by atoms with Gasteiger partial charge in [-0.05, 0) is 50.5 Å². The van der Waals surface area contributed by atoms with Crippen LogP contribution in [0.3, 0.4) is 0 Å². The molecule has 2 N–H and O–H groups in total. The molecule has 0 bridgehead atoms. The Hall–Kier alpha value is -2.36. The molecule has 0 aliphatic carbocycles. The van der Waals surface area contributed by atoms with Crippen molar-refractivity contribution in [2.75, 3.05) is 11.9 Å². The Bertz CT molecular complexity index is 672. The average molecular weight is 311 g/mol. The molecule has 0 atom stereocenters. The van der Waals surface area contributed by atoms with E-state index in [0.29, 0.717) is 12.2 Å². The average Bonchev–Trinajstić information content (AvgIpc) is 2.51. The molecule has 0 saturated heterocycles. The minimum atomic E-state index is -0.126. The number of nitrogens with one attached hydrogen (secondary N) is 2. The number of amides is 1. The van der Waals surface area contributed by atoms with Crippen LogP contribution in [0.15, 0.2) is 30.5 Å². The highest BCUT2D eigenvalue weighted by atomic mass is 16.1. The van der Waals surface area contributed by atoms with Crippen molar-refractivity contribution in [3.05, 3.63) is 52.8 Å². The van der Waals surface area contributed by atoms with Gasteiger partial charge >= 0.3 is 0 Å². The van der Waals surface area contributed by atoms with Crippen LogP contribution in [0.25, 0.3) is 0 Å². The van der Waals surface area contributed by atoms with E-state index in [1.54, 1.807) is 12.3 Å². The smallest absolute Gasteiger partial charge is 0.269 e. The predicted molar refractivity (Wildman–Crippen MR) is 95.4 cm³/mol. The highest BCUT2D eigenvalue weighted by Crippen LogP contribution is 2.25. The third-order valence-electron chi connectivity index (χ3n) is 3.75. The SMILES string of the molecule is CCCCNC(=O)c1cc(Nc2c(C)cc(C)cc2C)ccn1. The maximum atomic E-state index is 12.1. The lowest BCUT2D eigenvalue weighted by Crippen LogP contribution is -2.25. The molecule has 1 aromatic carbocycles. The number of carbonyl (C=O) groups is 1. The van der Waals surface area contributed by atoms with Crippen molar-refractivity contribution in [2.45, 2.75) is 40.5 Å². The summed E-state index contributed by atoms with van der Waals surface area (Å²) in [7, 11) is 0. The molecule has 0 spiro atoms.